The lowest BCUT2D eigenvalue weighted by molar-refractivity contribution is 0.111. The summed E-state index contributed by atoms with van der Waals surface area (Å²) in [5, 5.41) is 0. The van der Waals surface area contributed by atoms with Crippen molar-refractivity contribution in [3.05, 3.63) is 58.1 Å². The fraction of sp³-hybridized carbons (Fsp3) is 0.133. The Morgan fingerprint density at radius 1 is 1.16 bits per heavy atom. The van der Waals surface area contributed by atoms with Crippen LogP contribution in [-0.2, 0) is 6.61 Å². The number of carbonyl (C=O) groups is 1. The highest BCUT2D eigenvalue weighted by Gasteiger charge is 2.06. The van der Waals surface area contributed by atoms with Crippen molar-refractivity contribution >= 4 is 22.2 Å². The largest absolute Gasteiger partial charge is 0.496 e. The molecule has 0 aromatic heterocycles. The average molecular weight is 321 g/mol. The summed E-state index contributed by atoms with van der Waals surface area (Å²) in [4.78, 5) is 11.0. The minimum atomic E-state index is 0.354. The maximum Gasteiger partial charge on any atom is 0.153 e. The number of hydrogen-bond donors (Lipinski definition) is 0. The molecular weight excluding hydrogens is 308 g/mol. The fourth-order valence-corrected chi connectivity index (χ4v) is 2.10. The average Bonchev–Trinajstić information content (AvgIpc) is 2.46. The minimum Gasteiger partial charge on any atom is -0.496 e. The number of aldehydes is 1. The van der Waals surface area contributed by atoms with E-state index in [1.165, 1.54) is 0 Å². The monoisotopic (exact) mass is 320 g/mol. The van der Waals surface area contributed by atoms with Gasteiger partial charge in [-0.3, -0.25) is 4.79 Å². The molecule has 0 atom stereocenters. The van der Waals surface area contributed by atoms with Gasteiger partial charge in [0.05, 0.1) is 12.7 Å². The van der Waals surface area contributed by atoms with Crippen LogP contribution >= 0.6 is 15.9 Å². The molecule has 0 aliphatic rings. The number of carbonyl (C=O) groups excluding carboxylic acids is 1. The van der Waals surface area contributed by atoms with Crippen molar-refractivity contribution in [2.45, 2.75) is 6.61 Å². The van der Waals surface area contributed by atoms with Crippen LogP contribution in [0, 0.1) is 0 Å². The van der Waals surface area contributed by atoms with Crippen LogP contribution in [0.5, 0.6) is 11.5 Å². The van der Waals surface area contributed by atoms with Crippen molar-refractivity contribution < 1.29 is 14.3 Å². The Morgan fingerprint density at radius 3 is 2.68 bits per heavy atom. The minimum absolute atomic E-state index is 0.354. The molecule has 0 amide bonds. The van der Waals surface area contributed by atoms with Crippen LogP contribution < -0.4 is 9.47 Å². The van der Waals surface area contributed by atoms with Crippen molar-refractivity contribution in [2.75, 3.05) is 7.11 Å². The first-order chi connectivity index (χ1) is 9.24. The van der Waals surface area contributed by atoms with Crippen molar-refractivity contribution in [3.8, 4) is 11.5 Å². The molecule has 2 rings (SSSR count). The van der Waals surface area contributed by atoms with Gasteiger partial charge in [0.15, 0.2) is 6.29 Å². The number of benzene rings is 2. The zero-order valence-corrected chi connectivity index (χ0v) is 12.0. The third-order valence-corrected chi connectivity index (χ3v) is 3.17. The summed E-state index contributed by atoms with van der Waals surface area (Å²) in [6.07, 6.45) is 0.780. The molecule has 0 heterocycles. The molecule has 3 nitrogen and oxygen atoms in total. The molecule has 98 valence electrons. The van der Waals surface area contributed by atoms with E-state index < -0.39 is 0 Å². The molecule has 2 aromatic carbocycles. The fourth-order valence-electron chi connectivity index (χ4n) is 1.72. The van der Waals surface area contributed by atoms with E-state index in [0.717, 1.165) is 22.1 Å². The second kappa shape index (κ2) is 6.38. The van der Waals surface area contributed by atoms with Gasteiger partial charge < -0.3 is 9.47 Å². The molecule has 4 heteroatoms. The van der Waals surface area contributed by atoms with Gasteiger partial charge in [0.1, 0.15) is 18.1 Å². The van der Waals surface area contributed by atoms with E-state index in [1.807, 2.05) is 30.3 Å². The molecule has 0 spiro atoms. The van der Waals surface area contributed by atoms with Crippen molar-refractivity contribution in [1.29, 1.82) is 0 Å². The van der Waals surface area contributed by atoms with E-state index in [-0.39, 0.29) is 0 Å². The summed E-state index contributed by atoms with van der Waals surface area (Å²) in [5.41, 5.74) is 1.45. The molecule has 0 fully saturated rings. The third kappa shape index (κ3) is 3.35. The van der Waals surface area contributed by atoms with Crippen LogP contribution in [-0.4, -0.2) is 13.4 Å². The predicted octanol–water partition coefficient (Wildman–Crippen LogP) is 3.85. The molecule has 0 unspecified atom stereocenters. The van der Waals surface area contributed by atoms with Crippen LogP contribution in [0.1, 0.15) is 15.9 Å². The maximum atomic E-state index is 11.0. The zero-order chi connectivity index (χ0) is 13.7. The number of ether oxygens (including phenoxy) is 2. The predicted molar refractivity (Wildman–Crippen MR) is 76.9 cm³/mol. The highest BCUT2D eigenvalue weighted by molar-refractivity contribution is 9.10. The first-order valence-electron chi connectivity index (χ1n) is 5.74. The van der Waals surface area contributed by atoms with Gasteiger partial charge in [-0.15, -0.1) is 0 Å². The summed E-state index contributed by atoms with van der Waals surface area (Å²) in [7, 11) is 1.62. The van der Waals surface area contributed by atoms with E-state index in [0.29, 0.717) is 17.9 Å². The van der Waals surface area contributed by atoms with Gasteiger partial charge in [-0.1, -0.05) is 34.1 Å². The molecule has 0 saturated carbocycles. The zero-order valence-electron chi connectivity index (χ0n) is 10.4. The summed E-state index contributed by atoms with van der Waals surface area (Å²) in [6, 6.07) is 13.0. The van der Waals surface area contributed by atoms with Crippen molar-refractivity contribution in [2.24, 2.45) is 0 Å². The first kappa shape index (κ1) is 13.6. The Bertz CT molecular complexity index is 581. The Balaban J connectivity index is 2.16. The number of halogens is 1. The van der Waals surface area contributed by atoms with E-state index in [2.05, 4.69) is 15.9 Å². The van der Waals surface area contributed by atoms with E-state index in [4.69, 9.17) is 9.47 Å². The van der Waals surface area contributed by atoms with Crippen LogP contribution in [0.15, 0.2) is 46.9 Å². The number of rotatable bonds is 5. The summed E-state index contributed by atoms with van der Waals surface area (Å²) >= 11 is 3.32. The molecule has 0 bridgehead atoms. The van der Waals surface area contributed by atoms with Gasteiger partial charge in [-0.05, 0) is 24.3 Å². The normalized spacial score (nSPS) is 10.0. The molecular formula is C15H13BrO3. The highest BCUT2D eigenvalue weighted by atomic mass is 79.9. The van der Waals surface area contributed by atoms with Gasteiger partial charge in [-0.25, -0.2) is 0 Å². The van der Waals surface area contributed by atoms with Gasteiger partial charge in [0.25, 0.3) is 0 Å². The highest BCUT2D eigenvalue weighted by Crippen LogP contribution is 2.24. The van der Waals surface area contributed by atoms with E-state index >= 15 is 0 Å². The molecule has 0 aliphatic heterocycles. The standard InChI is InChI=1S/C15H13BrO3/c1-18-14-5-3-2-4-11(14)10-19-15-7-6-13(16)8-12(15)9-17/h2-9H,10H2,1H3. The molecule has 2 aromatic rings. The van der Waals surface area contributed by atoms with E-state index in [1.54, 1.807) is 19.2 Å². The Hall–Kier alpha value is -1.81. The Kier molecular flexibility index (Phi) is 4.58. The van der Waals surface area contributed by atoms with Gasteiger partial charge in [0.2, 0.25) is 0 Å². The van der Waals surface area contributed by atoms with Crippen LogP contribution in [0.3, 0.4) is 0 Å². The maximum absolute atomic E-state index is 11.0. The number of methoxy groups -OCH3 is 1. The van der Waals surface area contributed by atoms with Gasteiger partial charge in [0, 0.05) is 10.0 Å². The van der Waals surface area contributed by atoms with E-state index in [9.17, 15) is 4.79 Å². The number of hydrogen-bond acceptors (Lipinski definition) is 3. The van der Waals surface area contributed by atoms with Crippen LogP contribution in [0.2, 0.25) is 0 Å². The van der Waals surface area contributed by atoms with Crippen LogP contribution in [0.25, 0.3) is 0 Å². The first-order valence-corrected chi connectivity index (χ1v) is 6.53. The second-order valence-corrected chi connectivity index (χ2v) is 4.82. The van der Waals surface area contributed by atoms with Gasteiger partial charge in [-0.2, -0.15) is 0 Å². The topological polar surface area (TPSA) is 35.5 Å². The Labute approximate surface area is 120 Å². The molecule has 0 saturated heterocycles. The molecule has 0 N–H and O–H groups in total. The summed E-state index contributed by atoms with van der Waals surface area (Å²) in [5.74, 6) is 1.33. The smallest absolute Gasteiger partial charge is 0.153 e. The summed E-state index contributed by atoms with van der Waals surface area (Å²) < 4.78 is 11.8. The lowest BCUT2D eigenvalue weighted by Crippen LogP contribution is -2.00. The quantitative estimate of drug-likeness (QED) is 0.785. The SMILES string of the molecule is COc1ccccc1COc1ccc(Br)cc1C=O. The molecule has 19 heavy (non-hydrogen) atoms. The Morgan fingerprint density at radius 2 is 1.95 bits per heavy atom. The summed E-state index contributed by atoms with van der Waals surface area (Å²) in [6.45, 7) is 0.354. The third-order valence-electron chi connectivity index (χ3n) is 2.67. The molecule has 0 aliphatic carbocycles. The molecule has 0 radical (unpaired) electrons. The lowest BCUT2D eigenvalue weighted by Gasteiger charge is -2.11. The van der Waals surface area contributed by atoms with Gasteiger partial charge >= 0.3 is 0 Å². The van der Waals surface area contributed by atoms with Crippen molar-refractivity contribution in [3.63, 3.8) is 0 Å². The van der Waals surface area contributed by atoms with Crippen LogP contribution in [0.4, 0.5) is 0 Å². The lowest BCUT2D eigenvalue weighted by atomic mass is 10.2. The second-order valence-electron chi connectivity index (χ2n) is 3.90. The number of para-hydroxylation sites is 1. The van der Waals surface area contributed by atoms with Crippen molar-refractivity contribution in [1.82, 2.24) is 0 Å².